The summed E-state index contributed by atoms with van der Waals surface area (Å²) in [5.41, 5.74) is 8.16. The zero-order valence-electron chi connectivity index (χ0n) is 41.2. The van der Waals surface area contributed by atoms with Gasteiger partial charge in [0.15, 0.2) is 0 Å². The normalized spacial score (nSPS) is 12.0. The summed E-state index contributed by atoms with van der Waals surface area (Å²) in [7, 11) is -3.84. The highest BCUT2D eigenvalue weighted by molar-refractivity contribution is 7.85. The smallest absolute Gasteiger partial charge is 0.326 e. The molecule has 0 heterocycles. The lowest BCUT2D eigenvalue weighted by Crippen LogP contribution is -2.41. The van der Waals surface area contributed by atoms with Gasteiger partial charge in [-0.15, -0.1) is 0 Å². The summed E-state index contributed by atoms with van der Waals surface area (Å²) in [6.45, 7) is 10.1. The van der Waals surface area contributed by atoms with Crippen molar-refractivity contribution in [3.8, 4) is 0 Å². The molecule has 0 spiro atoms. The van der Waals surface area contributed by atoms with E-state index in [-0.39, 0.29) is 50.0 Å². The first-order valence-corrected chi connectivity index (χ1v) is 26.4. The number of hydrogen-bond donors (Lipinski definition) is 4. The minimum atomic E-state index is -3.84. The van der Waals surface area contributed by atoms with Crippen molar-refractivity contribution in [2.24, 2.45) is 5.11 Å². The Labute approximate surface area is 410 Å². The van der Waals surface area contributed by atoms with Crippen LogP contribution in [-0.4, -0.2) is 206 Å². The predicted molar refractivity (Wildman–Crippen MR) is 256 cm³/mol. The molecule has 0 radical (unpaired) electrons. The second-order valence-corrected chi connectivity index (χ2v) is 17.2. The molecule has 69 heavy (non-hydrogen) atoms. The van der Waals surface area contributed by atoms with Crippen molar-refractivity contribution in [2.75, 3.05) is 164 Å². The number of carboxylic acid groups (broad SMARTS) is 1. The Morgan fingerprint density at radius 1 is 0.464 bits per heavy atom. The largest absolute Gasteiger partial charge is 0.480 e. The van der Waals surface area contributed by atoms with Crippen LogP contribution in [0.15, 0.2) is 5.11 Å². The number of carboxylic acids is 1. The fourth-order valence-electron chi connectivity index (χ4n) is 6.12. The lowest BCUT2D eigenvalue weighted by Gasteiger charge is -2.14. The van der Waals surface area contributed by atoms with E-state index >= 15 is 0 Å². The molecule has 1 atom stereocenters. The second kappa shape index (κ2) is 53.0. The van der Waals surface area contributed by atoms with Crippen LogP contribution in [0.5, 0.6) is 0 Å². The molecule has 2 amide bonds. The summed E-state index contributed by atoms with van der Waals surface area (Å²) in [5, 5.41) is 18.1. The highest BCUT2D eigenvalue weighted by Gasteiger charge is 2.20. The van der Waals surface area contributed by atoms with Crippen LogP contribution in [0.1, 0.15) is 103 Å². The average molecular weight is 1020 g/mol. The lowest BCUT2D eigenvalue weighted by molar-refractivity contribution is -0.142. The summed E-state index contributed by atoms with van der Waals surface area (Å²) >= 11 is 0. The maximum absolute atomic E-state index is 12.3. The Kier molecular flexibility index (Phi) is 50.8. The molecule has 0 bridgehead atoms. The van der Waals surface area contributed by atoms with Crippen molar-refractivity contribution in [3.63, 3.8) is 0 Å². The molecule has 0 aromatic carbocycles. The third-order valence-electron chi connectivity index (χ3n) is 9.79. The first-order chi connectivity index (χ1) is 33.7. The van der Waals surface area contributed by atoms with Gasteiger partial charge >= 0.3 is 5.97 Å². The Balaban J connectivity index is 3.41. The minimum Gasteiger partial charge on any atom is -0.480 e. The molecule has 0 fully saturated rings. The van der Waals surface area contributed by atoms with Gasteiger partial charge in [-0.05, 0) is 24.8 Å². The quantitative estimate of drug-likeness (QED) is 0.0217. The Hall–Kier alpha value is -2.81. The molecule has 406 valence electrons. The highest BCUT2D eigenvalue weighted by atomic mass is 32.2. The topological polar surface area (TPSA) is 300 Å². The van der Waals surface area contributed by atoms with Gasteiger partial charge in [0.1, 0.15) is 6.04 Å². The number of amides is 2. The van der Waals surface area contributed by atoms with Crippen LogP contribution in [0.3, 0.4) is 0 Å². The van der Waals surface area contributed by atoms with Crippen molar-refractivity contribution >= 4 is 27.9 Å². The van der Waals surface area contributed by atoms with Gasteiger partial charge in [0.05, 0.1) is 151 Å². The van der Waals surface area contributed by atoms with Gasteiger partial charge in [0.2, 0.25) is 11.8 Å². The maximum atomic E-state index is 12.3. The third-order valence-corrected chi connectivity index (χ3v) is 10.6. The van der Waals surface area contributed by atoms with E-state index in [4.69, 9.17) is 62.2 Å². The second-order valence-electron chi connectivity index (χ2n) is 15.7. The van der Waals surface area contributed by atoms with Crippen molar-refractivity contribution in [3.05, 3.63) is 10.4 Å². The van der Waals surface area contributed by atoms with E-state index in [1.807, 2.05) is 0 Å². The predicted octanol–water partition coefficient (Wildman–Crippen LogP) is 4.29. The Bertz CT molecular complexity index is 1340. The summed E-state index contributed by atoms with van der Waals surface area (Å²) in [6.07, 6.45) is 13.0. The number of ether oxygens (including phenoxy) is 11. The van der Waals surface area contributed by atoms with Crippen LogP contribution in [0.2, 0.25) is 0 Å². The highest BCUT2D eigenvalue weighted by Crippen LogP contribution is 2.13. The number of nitrogens with zero attached hydrogens (tertiary/aromatic N) is 3. The monoisotopic (exact) mass is 1020 g/mol. The van der Waals surface area contributed by atoms with Gasteiger partial charge in [0, 0.05) is 30.8 Å². The summed E-state index contributed by atoms with van der Waals surface area (Å²) in [5.74, 6) is -1.98. The molecular weight excluding hydrogens is 931 g/mol. The average Bonchev–Trinajstić information content (AvgIpc) is 3.32. The molecule has 0 unspecified atom stereocenters. The molecule has 0 aliphatic rings. The van der Waals surface area contributed by atoms with Crippen molar-refractivity contribution in [1.29, 1.82) is 0 Å². The number of rotatable bonds is 57. The minimum absolute atomic E-state index is 0.00738. The number of azide groups is 1. The van der Waals surface area contributed by atoms with Crippen LogP contribution in [-0.2, 0) is 76.6 Å². The van der Waals surface area contributed by atoms with Gasteiger partial charge in [0.25, 0.3) is 10.1 Å². The van der Waals surface area contributed by atoms with Crippen LogP contribution < -0.4 is 10.6 Å². The van der Waals surface area contributed by atoms with Gasteiger partial charge < -0.3 is 67.8 Å². The number of nitrogens with one attached hydrogen (secondary N) is 2. The SMILES string of the molecule is [N-]=[N+]=NCCOCCOCCOCCOCCOCCOCCOCCOCCOCCOCCOCCNC(=O)CC[C@H](NC(=O)CCCCCCCCCCCCCCCS(=O)(=O)O)C(=O)O. The molecule has 0 aromatic heterocycles. The molecule has 0 rings (SSSR count). The Morgan fingerprint density at radius 2 is 0.783 bits per heavy atom. The fraction of sp³-hybridized carbons (Fsp3) is 0.933. The molecule has 0 aliphatic heterocycles. The van der Waals surface area contributed by atoms with E-state index in [0.717, 1.165) is 64.2 Å². The van der Waals surface area contributed by atoms with Crippen LogP contribution >= 0.6 is 0 Å². The Morgan fingerprint density at radius 3 is 1.12 bits per heavy atom. The molecular formula is C45H87N5O18S. The number of carbonyl (C=O) groups is 3. The van der Waals surface area contributed by atoms with Gasteiger partial charge in [-0.2, -0.15) is 8.42 Å². The fourth-order valence-corrected chi connectivity index (χ4v) is 6.69. The molecule has 0 aliphatic carbocycles. The van der Waals surface area contributed by atoms with E-state index in [9.17, 15) is 27.9 Å². The standard InChI is InChI=1S/C45H87N5O18S/c46-50-48-18-20-59-22-24-61-26-28-63-30-32-65-34-36-67-38-40-68-39-37-66-35-33-64-31-29-62-27-25-60-23-21-58-19-17-47-43(51)16-15-42(45(53)54)49-44(52)14-12-10-8-6-4-2-1-3-5-7-9-11-13-41-69(55,56)57/h42H,1-41H2,(H,47,51)(H,49,52)(H,53,54)(H,55,56,57)/t42-/m0/s1. The first kappa shape index (κ1) is 66.2. The van der Waals surface area contributed by atoms with Crippen LogP contribution in [0, 0.1) is 0 Å². The molecule has 4 N–H and O–H groups in total. The van der Waals surface area contributed by atoms with Crippen molar-refractivity contribution in [1.82, 2.24) is 10.6 Å². The van der Waals surface area contributed by atoms with Gasteiger partial charge in [-0.25, -0.2) is 4.79 Å². The first-order valence-electron chi connectivity index (χ1n) is 24.8. The summed E-state index contributed by atoms with van der Waals surface area (Å²) in [4.78, 5) is 38.9. The lowest BCUT2D eigenvalue weighted by atomic mass is 10.0. The van der Waals surface area contributed by atoms with E-state index in [1.165, 1.54) is 6.42 Å². The molecule has 0 saturated heterocycles. The summed E-state index contributed by atoms with van der Waals surface area (Å²) in [6, 6.07) is -1.13. The summed E-state index contributed by atoms with van der Waals surface area (Å²) < 4.78 is 90.0. The number of aliphatic carboxylic acids is 1. The number of unbranched alkanes of at least 4 members (excludes halogenated alkanes) is 12. The molecule has 23 nitrogen and oxygen atoms in total. The molecule has 24 heteroatoms. The molecule has 0 saturated carbocycles. The zero-order chi connectivity index (χ0) is 50.4. The van der Waals surface area contributed by atoms with Gasteiger partial charge in [-0.1, -0.05) is 75.7 Å². The van der Waals surface area contributed by atoms with Gasteiger partial charge in [-0.3, -0.25) is 14.1 Å². The molecule has 0 aromatic rings. The third kappa shape index (κ3) is 56.0. The van der Waals surface area contributed by atoms with Crippen molar-refractivity contribution in [2.45, 2.75) is 109 Å². The van der Waals surface area contributed by atoms with E-state index in [2.05, 4.69) is 20.7 Å². The number of hydrogen-bond acceptors (Lipinski definition) is 17. The van der Waals surface area contributed by atoms with Crippen LogP contribution in [0.4, 0.5) is 0 Å². The maximum Gasteiger partial charge on any atom is 0.326 e. The number of carbonyl (C=O) groups excluding carboxylic acids is 2. The van der Waals surface area contributed by atoms with Crippen LogP contribution in [0.25, 0.3) is 10.4 Å². The van der Waals surface area contributed by atoms with E-state index < -0.39 is 22.1 Å². The zero-order valence-corrected chi connectivity index (χ0v) is 42.1. The van der Waals surface area contributed by atoms with E-state index in [1.54, 1.807) is 0 Å². The van der Waals surface area contributed by atoms with E-state index in [0.29, 0.717) is 158 Å². The van der Waals surface area contributed by atoms with Crippen molar-refractivity contribution < 1.29 is 84.6 Å².